The summed E-state index contributed by atoms with van der Waals surface area (Å²) in [4.78, 5) is 13.5. The minimum Gasteiger partial charge on any atom is -0.322 e. The summed E-state index contributed by atoms with van der Waals surface area (Å²) in [6.45, 7) is 0. The highest BCUT2D eigenvalue weighted by Crippen LogP contribution is 2.38. The van der Waals surface area contributed by atoms with Crippen LogP contribution in [0.25, 0.3) is 31.4 Å². The maximum atomic E-state index is 12.3. The van der Waals surface area contributed by atoms with Crippen molar-refractivity contribution in [3.63, 3.8) is 0 Å². The lowest BCUT2D eigenvalue weighted by molar-refractivity contribution is 0.102. The Morgan fingerprint density at radius 3 is 2.81 bits per heavy atom. The molecule has 0 aliphatic carbocycles. The highest BCUT2D eigenvalue weighted by Gasteiger charge is 2.13. The van der Waals surface area contributed by atoms with Crippen molar-refractivity contribution in [2.75, 3.05) is 5.32 Å². The minimum absolute atomic E-state index is 0.205. The molecule has 3 aromatic heterocycles. The van der Waals surface area contributed by atoms with E-state index in [-0.39, 0.29) is 5.91 Å². The molecule has 0 unspecified atom stereocenters. The second kappa shape index (κ2) is 5.82. The molecule has 0 saturated heterocycles. The molecule has 126 valence electrons. The highest BCUT2D eigenvalue weighted by molar-refractivity contribution is 7.22. The smallest absolute Gasteiger partial charge is 0.258 e. The van der Waals surface area contributed by atoms with Gasteiger partial charge >= 0.3 is 0 Å². The Labute approximate surface area is 151 Å². The van der Waals surface area contributed by atoms with Crippen molar-refractivity contribution >= 4 is 43.9 Å². The molecule has 7 heteroatoms. The number of aromatic amines is 2. The van der Waals surface area contributed by atoms with Gasteiger partial charge in [-0.25, -0.2) is 0 Å². The third kappa shape index (κ3) is 2.46. The van der Waals surface area contributed by atoms with Crippen LogP contribution in [0, 0.1) is 0 Å². The van der Waals surface area contributed by atoms with Crippen LogP contribution in [0.15, 0.2) is 61.1 Å². The summed E-state index contributed by atoms with van der Waals surface area (Å²) in [6.07, 6.45) is 4.83. The summed E-state index contributed by atoms with van der Waals surface area (Å²) < 4.78 is 1.23. The van der Waals surface area contributed by atoms with Crippen molar-refractivity contribution < 1.29 is 4.79 Å². The average molecular weight is 359 g/mol. The van der Waals surface area contributed by atoms with Gasteiger partial charge in [0.25, 0.3) is 5.91 Å². The van der Waals surface area contributed by atoms with E-state index in [0.717, 1.165) is 27.0 Å². The number of fused-ring (bicyclic) bond motifs is 2. The van der Waals surface area contributed by atoms with Crippen LogP contribution in [0.5, 0.6) is 0 Å². The molecular weight excluding hydrogens is 346 g/mol. The van der Waals surface area contributed by atoms with Crippen molar-refractivity contribution in [1.82, 2.24) is 20.4 Å². The molecule has 0 aliphatic rings. The second-order valence-corrected chi connectivity index (χ2v) is 7.03. The number of hydrogen-bond acceptors (Lipinski definition) is 4. The number of nitrogens with one attached hydrogen (secondary N) is 3. The van der Waals surface area contributed by atoms with Gasteiger partial charge in [0.15, 0.2) is 0 Å². The van der Waals surface area contributed by atoms with Gasteiger partial charge in [-0.1, -0.05) is 18.2 Å². The first kappa shape index (κ1) is 14.9. The Kier molecular flexibility index (Phi) is 3.32. The van der Waals surface area contributed by atoms with Crippen LogP contribution in [0.2, 0.25) is 0 Å². The molecule has 6 nitrogen and oxygen atoms in total. The second-order valence-electron chi connectivity index (χ2n) is 5.95. The van der Waals surface area contributed by atoms with Gasteiger partial charge in [0.05, 0.1) is 23.5 Å². The van der Waals surface area contributed by atoms with Gasteiger partial charge in [-0.2, -0.15) is 10.2 Å². The average Bonchev–Trinajstić information content (AvgIpc) is 3.39. The molecule has 1 amide bonds. The van der Waals surface area contributed by atoms with Gasteiger partial charge in [-0.15, -0.1) is 11.3 Å². The van der Waals surface area contributed by atoms with Crippen LogP contribution < -0.4 is 5.32 Å². The third-order valence-electron chi connectivity index (χ3n) is 4.26. The fourth-order valence-electron chi connectivity index (χ4n) is 3.02. The number of carbonyl (C=O) groups excluding carboxylic acids is 1. The SMILES string of the molecule is O=C(Nc1cc(-c2cc3ccccc3s2)c2[nH]ncc2c1)c1cn[nH]c1. The zero-order valence-electron chi connectivity index (χ0n) is 13.5. The molecule has 2 aromatic carbocycles. The van der Waals surface area contributed by atoms with Crippen LogP contribution in [0.3, 0.4) is 0 Å². The van der Waals surface area contributed by atoms with E-state index < -0.39 is 0 Å². The van der Waals surface area contributed by atoms with E-state index in [4.69, 9.17) is 0 Å². The Bertz CT molecular complexity index is 1200. The van der Waals surface area contributed by atoms with Crippen LogP contribution >= 0.6 is 11.3 Å². The molecule has 0 aliphatic heterocycles. The number of nitrogens with zero attached hydrogens (tertiary/aromatic N) is 2. The minimum atomic E-state index is -0.205. The monoisotopic (exact) mass is 359 g/mol. The van der Waals surface area contributed by atoms with Crippen LogP contribution in [-0.2, 0) is 0 Å². The van der Waals surface area contributed by atoms with E-state index in [1.807, 2.05) is 24.3 Å². The lowest BCUT2D eigenvalue weighted by Crippen LogP contribution is -2.10. The highest BCUT2D eigenvalue weighted by atomic mass is 32.1. The normalized spacial score (nSPS) is 11.2. The van der Waals surface area contributed by atoms with Crippen LogP contribution in [0.4, 0.5) is 5.69 Å². The molecule has 5 rings (SSSR count). The van der Waals surface area contributed by atoms with Gasteiger partial charge in [0.1, 0.15) is 0 Å². The predicted octanol–water partition coefficient (Wildman–Crippen LogP) is 4.42. The maximum absolute atomic E-state index is 12.3. The zero-order chi connectivity index (χ0) is 17.5. The van der Waals surface area contributed by atoms with Gasteiger partial charge in [0.2, 0.25) is 0 Å². The van der Waals surface area contributed by atoms with E-state index in [9.17, 15) is 4.79 Å². The summed E-state index contributed by atoms with van der Waals surface area (Å²) in [5.41, 5.74) is 3.18. The summed E-state index contributed by atoms with van der Waals surface area (Å²) in [5.74, 6) is -0.205. The van der Waals surface area contributed by atoms with Crippen molar-refractivity contribution in [3.05, 3.63) is 66.6 Å². The topological polar surface area (TPSA) is 86.5 Å². The standard InChI is InChI=1S/C19H13N5OS/c25-19(13-9-20-21-10-13)23-14-5-12-8-22-24-18(12)15(7-14)17-6-11-3-1-2-4-16(11)26-17/h1-10H,(H,20,21)(H,22,24)(H,23,25). The number of carbonyl (C=O) groups is 1. The van der Waals surface area contributed by atoms with Gasteiger partial charge in [-0.3, -0.25) is 15.0 Å². The number of rotatable bonds is 3. The molecule has 0 radical (unpaired) electrons. The fraction of sp³-hybridized carbons (Fsp3) is 0. The van der Waals surface area contributed by atoms with E-state index in [1.54, 1.807) is 23.7 Å². The Balaban J connectivity index is 1.62. The number of anilines is 1. The molecule has 0 fully saturated rings. The molecule has 0 atom stereocenters. The molecule has 5 aromatic rings. The summed E-state index contributed by atoms with van der Waals surface area (Å²) in [5, 5.41) is 18.8. The third-order valence-corrected chi connectivity index (χ3v) is 5.41. The molecule has 0 bridgehead atoms. The number of hydrogen-bond donors (Lipinski definition) is 3. The van der Waals surface area contributed by atoms with Crippen molar-refractivity contribution in [3.8, 4) is 10.4 Å². The van der Waals surface area contributed by atoms with Crippen molar-refractivity contribution in [1.29, 1.82) is 0 Å². The summed E-state index contributed by atoms with van der Waals surface area (Å²) in [6, 6.07) is 14.3. The largest absolute Gasteiger partial charge is 0.322 e. The first-order valence-corrected chi connectivity index (χ1v) is 8.86. The fourth-order valence-corrected chi connectivity index (χ4v) is 4.10. The van der Waals surface area contributed by atoms with E-state index in [2.05, 4.69) is 43.9 Å². The number of thiophene rings is 1. The quantitative estimate of drug-likeness (QED) is 0.446. The number of H-pyrrole nitrogens is 2. The van der Waals surface area contributed by atoms with Crippen LogP contribution in [0.1, 0.15) is 10.4 Å². The van der Waals surface area contributed by atoms with E-state index in [0.29, 0.717) is 5.56 Å². The van der Waals surface area contributed by atoms with Crippen LogP contribution in [-0.4, -0.2) is 26.3 Å². The number of aromatic nitrogens is 4. The number of amides is 1. The van der Waals surface area contributed by atoms with Crippen molar-refractivity contribution in [2.45, 2.75) is 0 Å². The van der Waals surface area contributed by atoms with E-state index >= 15 is 0 Å². The van der Waals surface area contributed by atoms with Gasteiger partial charge < -0.3 is 5.32 Å². The molecule has 3 heterocycles. The van der Waals surface area contributed by atoms with Gasteiger partial charge in [-0.05, 0) is 29.7 Å². The maximum Gasteiger partial charge on any atom is 0.258 e. The molecular formula is C19H13N5OS. The Morgan fingerprint density at radius 1 is 1.04 bits per heavy atom. The van der Waals surface area contributed by atoms with E-state index in [1.165, 1.54) is 16.3 Å². The molecule has 0 saturated carbocycles. The number of benzene rings is 2. The molecule has 26 heavy (non-hydrogen) atoms. The first-order valence-electron chi connectivity index (χ1n) is 8.04. The summed E-state index contributed by atoms with van der Waals surface area (Å²) >= 11 is 1.72. The van der Waals surface area contributed by atoms with Crippen molar-refractivity contribution in [2.24, 2.45) is 0 Å². The van der Waals surface area contributed by atoms with Gasteiger partial charge in [0, 0.05) is 32.4 Å². The Hall–Kier alpha value is -3.45. The Morgan fingerprint density at radius 2 is 1.96 bits per heavy atom. The molecule has 0 spiro atoms. The summed E-state index contributed by atoms with van der Waals surface area (Å²) in [7, 11) is 0. The molecule has 3 N–H and O–H groups in total. The first-order chi connectivity index (χ1) is 12.8. The lowest BCUT2D eigenvalue weighted by atomic mass is 10.1. The predicted molar refractivity (Wildman–Crippen MR) is 103 cm³/mol. The lowest BCUT2D eigenvalue weighted by Gasteiger charge is -2.07. The zero-order valence-corrected chi connectivity index (χ0v) is 14.3.